The number of rotatable bonds is 4. The van der Waals surface area contributed by atoms with Gasteiger partial charge in [0.2, 0.25) is 0 Å². The maximum Gasteiger partial charge on any atom is 0.136 e. The molecule has 0 unspecified atom stereocenters. The molecule has 0 fully saturated rings. The molecule has 2 rings (SSSR count). The molecule has 1 aromatic heterocycles. The fraction of sp³-hybridized carbons (Fsp3) is 0.357. The van der Waals surface area contributed by atoms with Gasteiger partial charge in [0, 0.05) is 31.7 Å². The van der Waals surface area contributed by atoms with Gasteiger partial charge in [0.05, 0.1) is 0 Å². The zero-order valence-electron chi connectivity index (χ0n) is 10.5. The molecule has 2 N–H and O–H groups in total. The van der Waals surface area contributed by atoms with E-state index in [-0.39, 0.29) is 0 Å². The fourth-order valence-electron chi connectivity index (χ4n) is 2.14. The smallest absolute Gasteiger partial charge is 0.136 e. The average molecular weight is 229 g/mol. The first-order valence-corrected chi connectivity index (χ1v) is 6.05. The second-order valence-corrected chi connectivity index (χ2v) is 4.28. The number of hydrogen-bond donors (Lipinski definition) is 1. The lowest BCUT2D eigenvalue weighted by Gasteiger charge is -2.20. The van der Waals surface area contributed by atoms with Crippen LogP contribution in [-0.2, 0) is 6.54 Å². The van der Waals surface area contributed by atoms with Crippen molar-refractivity contribution in [3.05, 3.63) is 36.0 Å². The van der Waals surface area contributed by atoms with Crippen molar-refractivity contribution >= 4 is 16.6 Å². The van der Waals surface area contributed by atoms with Crippen molar-refractivity contribution in [2.45, 2.75) is 19.9 Å². The van der Waals surface area contributed by atoms with Crippen molar-refractivity contribution in [1.29, 1.82) is 0 Å². The highest BCUT2D eigenvalue weighted by atomic mass is 15.2. The number of pyridine rings is 1. The molecule has 0 spiro atoms. The number of hydrogen-bond acceptors (Lipinski definition) is 3. The molecule has 3 nitrogen and oxygen atoms in total. The van der Waals surface area contributed by atoms with Crippen LogP contribution in [0.5, 0.6) is 0 Å². The third kappa shape index (κ3) is 2.24. The molecular formula is C14H19N3. The van der Waals surface area contributed by atoms with Crippen molar-refractivity contribution in [2.75, 3.05) is 18.5 Å². The summed E-state index contributed by atoms with van der Waals surface area (Å²) in [6, 6.07) is 8.32. The second kappa shape index (κ2) is 5.15. The van der Waals surface area contributed by atoms with E-state index in [2.05, 4.69) is 36.0 Å². The van der Waals surface area contributed by atoms with Crippen molar-refractivity contribution in [2.24, 2.45) is 5.73 Å². The van der Waals surface area contributed by atoms with Crippen LogP contribution in [0.2, 0.25) is 0 Å². The fourth-order valence-corrected chi connectivity index (χ4v) is 2.14. The summed E-state index contributed by atoms with van der Waals surface area (Å²) in [7, 11) is 2.08. The van der Waals surface area contributed by atoms with Crippen LogP contribution in [0.4, 0.5) is 5.82 Å². The van der Waals surface area contributed by atoms with Gasteiger partial charge in [0.1, 0.15) is 5.82 Å². The summed E-state index contributed by atoms with van der Waals surface area (Å²) in [6.07, 6.45) is 3.01. The lowest BCUT2D eigenvalue weighted by Crippen LogP contribution is -2.19. The van der Waals surface area contributed by atoms with E-state index in [1.54, 1.807) is 0 Å². The van der Waals surface area contributed by atoms with Crippen molar-refractivity contribution < 1.29 is 0 Å². The van der Waals surface area contributed by atoms with Gasteiger partial charge in [-0.1, -0.05) is 31.2 Å². The van der Waals surface area contributed by atoms with Crippen molar-refractivity contribution in [3.63, 3.8) is 0 Å². The van der Waals surface area contributed by atoms with Crippen LogP contribution in [-0.4, -0.2) is 18.6 Å². The van der Waals surface area contributed by atoms with Crippen LogP contribution < -0.4 is 10.6 Å². The quantitative estimate of drug-likeness (QED) is 0.876. The Balaban J connectivity index is 2.58. The van der Waals surface area contributed by atoms with Gasteiger partial charge in [-0.15, -0.1) is 0 Å². The minimum Gasteiger partial charge on any atom is -0.359 e. The molecule has 0 saturated carbocycles. The van der Waals surface area contributed by atoms with Crippen molar-refractivity contribution in [1.82, 2.24) is 4.98 Å². The van der Waals surface area contributed by atoms with E-state index in [1.165, 1.54) is 10.8 Å². The van der Waals surface area contributed by atoms with Gasteiger partial charge in [-0.05, 0) is 17.4 Å². The maximum absolute atomic E-state index is 5.75. The minimum absolute atomic E-state index is 0.533. The molecule has 1 heterocycles. The van der Waals surface area contributed by atoms with Crippen LogP contribution in [0.15, 0.2) is 30.5 Å². The molecule has 0 amide bonds. The Morgan fingerprint density at radius 1 is 1.24 bits per heavy atom. The zero-order valence-corrected chi connectivity index (χ0v) is 10.5. The van der Waals surface area contributed by atoms with Gasteiger partial charge in [-0.25, -0.2) is 4.98 Å². The summed E-state index contributed by atoms with van der Waals surface area (Å²) in [4.78, 5) is 6.74. The first-order chi connectivity index (χ1) is 8.27. The van der Waals surface area contributed by atoms with E-state index in [1.807, 2.05) is 18.3 Å². The molecule has 1 aromatic carbocycles. The maximum atomic E-state index is 5.75. The third-order valence-corrected chi connectivity index (χ3v) is 3.00. The van der Waals surface area contributed by atoms with Gasteiger partial charge in [-0.3, -0.25) is 0 Å². The van der Waals surface area contributed by atoms with Gasteiger partial charge in [0.15, 0.2) is 0 Å². The average Bonchev–Trinajstić information content (AvgIpc) is 2.37. The molecule has 0 aliphatic rings. The summed E-state index contributed by atoms with van der Waals surface area (Å²) in [5.41, 5.74) is 6.85. The van der Waals surface area contributed by atoms with Crippen LogP contribution in [0.25, 0.3) is 10.8 Å². The van der Waals surface area contributed by atoms with E-state index in [0.717, 1.165) is 24.3 Å². The van der Waals surface area contributed by atoms with Crippen LogP contribution in [0, 0.1) is 0 Å². The molecular weight excluding hydrogens is 210 g/mol. The van der Waals surface area contributed by atoms with E-state index < -0.39 is 0 Å². The first kappa shape index (κ1) is 11.9. The van der Waals surface area contributed by atoms with E-state index in [4.69, 9.17) is 5.73 Å². The van der Waals surface area contributed by atoms with Gasteiger partial charge in [-0.2, -0.15) is 0 Å². The second-order valence-electron chi connectivity index (χ2n) is 4.28. The van der Waals surface area contributed by atoms with Crippen LogP contribution in [0.3, 0.4) is 0 Å². The van der Waals surface area contributed by atoms with Crippen LogP contribution >= 0.6 is 0 Å². The number of nitrogens with two attached hydrogens (primary N) is 1. The lowest BCUT2D eigenvalue weighted by molar-refractivity contribution is 0.840. The minimum atomic E-state index is 0.533. The summed E-state index contributed by atoms with van der Waals surface area (Å²) in [5.74, 6) is 1.04. The molecule has 0 atom stereocenters. The molecule has 0 bridgehead atoms. The lowest BCUT2D eigenvalue weighted by atomic mass is 10.1. The monoisotopic (exact) mass is 229 g/mol. The number of nitrogens with zero attached hydrogens (tertiary/aromatic N) is 2. The van der Waals surface area contributed by atoms with Crippen molar-refractivity contribution in [3.8, 4) is 0 Å². The van der Waals surface area contributed by atoms with E-state index in [9.17, 15) is 0 Å². The van der Waals surface area contributed by atoms with Crippen LogP contribution in [0.1, 0.15) is 18.9 Å². The van der Waals surface area contributed by atoms with Gasteiger partial charge in [0.25, 0.3) is 0 Å². The predicted molar refractivity (Wildman–Crippen MR) is 73.2 cm³/mol. The van der Waals surface area contributed by atoms with E-state index in [0.29, 0.717) is 6.54 Å². The standard InChI is InChI=1S/C14H19N3/c1-3-8-17(2)14-13-7-5-4-6-12(13)11(9-15)10-16-14/h4-7,10H,3,8-9,15H2,1-2H3. The van der Waals surface area contributed by atoms with Gasteiger partial charge >= 0.3 is 0 Å². The summed E-state index contributed by atoms with van der Waals surface area (Å²) >= 11 is 0. The highest BCUT2D eigenvalue weighted by molar-refractivity contribution is 5.94. The van der Waals surface area contributed by atoms with E-state index >= 15 is 0 Å². The number of aromatic nitrogens is 1. The number of benzene rings is 1. The highest BCUT2D eigenvalue weighted by Gasteiger charge is 2.09. The Morgan fingerprint density at radius 2 is 1.94 bits per heavy atom. The molecule has 0 saturated heterocycles. The first-order valence-electron chi connectivity index (χ1n) is 6.05. The normalized spacial score (nSPS) is 10.8. The summed E-state index contributed by atoms with van der Waals surface area (Å²) in [5, 5.41) is 2.40. The third-order valence-electron chi connectivity index (χ3n) is 3.00. The zero-order chi connectivity index (χ0) is 12.3. The SMILES string of the molecule is CCCN(C)c1ncc(CN)c2ccccc12. The molecule has 0 radical (unpaired) electrons. The molecule has 3 heteroatoms. The Kier molecular flexibility index (Phi) is 3.59. The van der Waals surface area contributed by atoms with Gasteiger partial charge < -0.3 is 10.6 Å². The Hall–Kier alpha value is -1.61. The Morgan fingerprint density at radius 3 is 2.59 bits per heavy atom. The topological polar surface area (TPSA) is 42.2 Å². The molecule has 0 aliphatic carbocycles. The Labute approximate surface area is 102 Å². The highest BCUT2D eigenvalue weighted by Crippen LogP contribution is 2.26. The summed E-state index contributed by atoms with van der Waals surface area (Å²) < 4.78 is 0. The molecule has 17 heavy (non-hydrogen) atoms. The predicted octanol–water partition coefficient (Wildman–Crippen LogP) is 2.54. The number of fused-ring (bicyclic) bond motifs is 1. The Bertz CT molecular complexity index is 508. The largest absolute Gasteiger partial charge is 0.359 e. The molecule has 0 aliphatic heterocycles. The summed E-state index contributed by atoms with van der Waals surface area (Å²) in [6.45, 7) is 3.72. The number of anilines is 1. The molecule has 2 aromatic rings. The molecule has 90 valence electrons.